The highest BCUT2D eigenvalue weighted by molar-refractivity contribution is 5.73. The van der Waals surface area contributed by atoms with Crippen LogP contribution in [0.15, 0.2) is 35.5 Å². The number of fused-ring (bicyclic) bond motifs is 1. The third kappa shape index (κ3) is 7.34. The molecule has 0 radical (unpaired) electrons. The monoisotopic (exact) mass is 576 g/mol. The Morgan fingerprint density at radius 3 is 2.56 bits per heavy atom. The summed E-state index contributed by atoms with van der Waals surface area (Å²) in [5.41, 5.74) is 3.34. The van der Waals surface area contributed by atoms with Crippen molar-refractivity contribution >= 4 is 5.97 Å². The summed E-state index contributed by atoms with van der Waals surface area (Å²) >= 11 is 0. The van der Waals surface area contributed by atoms with Crippen molar-refractivity contribution in [1.29, 1.82) is 0 Å². The molecule has 0 aromatic carbocycles. The van der Waals surface area contributed by atoms with Gasteiger partial charge in [0.05, 0.1) is 11.7 Å². The molecule has 0 aromatic heterocycles. The smallest absolute Gasteiger partial charge is 0.335 e. The molecule has 0 bridgehead atoms. The van der Waals surface area contributed by atoms with Gasteiger partial charge in [0.1, 0.15) is 18.3 Å². The number of rotatable bonds is 9. The summed E-state index contributed by atoms with van der Waals surface area (Å²) < 4.78 is 11.3. The predicted molar refractivity (Wildman–Crippen MR) is 156 cm³/mol. The van der Waals surface area contributed by atoms with Crippen molar-refractivity contribution in [3.63, 3.8) is 0 Å². The number of carboxylic acids is 1. The van der Waals surface area contributed by atoms with Gasteiger partial charge in [-0.15, -0.1) is 0 Å². The molecule has 10 atom stereocenters. The van der Waals surface area contributed by atoms with E-state index in [9.17, 15) is 30.3 Å². The highest BCUT2D eigenvalue weighted by Crippen LogP contribution is 2.60. The third-order valence-corrected chi connectivity index (χ3v) is 10.5. The summed E-state index contributed by atoms with van der Waals surface area (Å²) in [6.45, 7) is 13.0. The molecular formula is C33H52O8. The second kappa shape index (κ2) is 13.0. The van der Waals surface area contributed by atoms with Crippen molar-refractivity contribution in [3.8, 4) is 0 Å². The molecule has 8 nitrogen and oxygen atoms in total. The van der Waals surface area contributed by atoms with Crippen molar-refractivity contribution in [2.45, 2.75) is 141 Å². The summed E-state index contributed by atoms with van der Waals surface area (Å²) in [5, 5.41) is 49.9. The summed E-state index contributed by atoms with van der Waals surface area (Å²) in [6, 6.07) is 0. The first-order valence-electron chi connectivity index (χ1n) is 15.6. The van der Waals surface area contributed by atoms with E-state index in [4.69, 9.17) is 9.47 Å². The van der Waals surface area contributed by atoms with E-state index in [1.165, 1.54) is 31.3 Å². The van der Waals surface area contributed by atoms with E-state index in [-0.39, 0.29) is 6.10 Å². The minimum Gasteiger partial charge on any atom is -0.479 e. The molecule has 5 N–H and O–H groups in total. The number of carbonyl (C=O) groups is 1. The molecule has 0 spiro atoms. The van der Waals surface area contributed by atoms with Crippen molar-refractivity contribution in [3.05, 3.63) is 35.5 Å². The number of carboxylic acid groups (broad SMARTS) is 1. The van der Waals surface area contributed by atoms with Crippen LogP contribution in [0.25, 0.3) is 0 Å². The van der Waals surface area contributed by atoms with Crippen LogP contribution in [-0.2, 0) is 14.3 Å². The van der Waals surface area contributed by atoms with Gasteiger partial charge in [-0.2, -0.15) is 0 Å². The maximum Gasteiger partial charge on any atom is 0.335 e. The van der Waals surface area contributed by atoms with E-state index in [2.05, 4.69) is 32.6 Å². The average Bonchev–Trinajstić information content (AvgIpc) is 3.25. The lowest BCUT2D eigenvalue weighted by Crippen LogP contribution is -2.60. The van der Waals surface area contributed by atoms with Gasteiger partial charge in [0.15, 0.2) is 12.4 Å². The Bertz CT molecular complexity index is 1010. The molecule has 4 aliphatic rings. The van der Waals surface area contributed by atoms with Gasteiger partial charge >= 0.3 is 5.97 Å². The zero-order valence-corrected chi connectivity index (χ0v) is 25.3. The van der Waals surface area contributed by atoms with Crippen LogP contribution < -0.4 is 0 Å². The van der Waals surface area contributed by atoms with Gasteiger partial charge in [-0.25, -0.2) is 4.79 Å². The molecule has 1 saturated heterocycles. The fourth-order valence-corrected chi connectivity index (χ4v) is 8.12. The van der Waals surface area contributed by atoms with E-state index >= 15 is 0 Å². The van der Waals surface area contributed by atoms with E-state index < -0.39 is 42.3 Å². The van der Waals surface area contributed by atoms with Gasteiger partial charge in [-0.1, -0.05) is 56.6 Å². The number of allylic oxidation sites excluding steroid dienone is 4. The van der Waals surface area contributed by atoms with Crippen LogP contribution in [-0.4, -0.2) is 73.9 Å². The van der Waals surface area contributed by atoms with Crippen molar-refractivity contribution in [1.82, 2.24) is 0 Å². The quantitative estimate of drug-likeness (QED) is 0.268. The Hall–Kier alpha value is -1.55. The first-order chi connectivity index (χ1) is 19.2. The summed E-state index contributed by atoms with van der Waals surface area (Å²) in [6.07, 6.45) is 7.16. The maximum atomic E-state index is 11.5. The number of aliphatic carboxylic acids is 1. The lowest BCUT2D eigenvalue weighted by molar-refractivity contribution is -0.304. The molecule has 0 unspecified atom stereocenters. The zero-order chi connectivity index (χ0) is 30.1. The molecule has 4 fully saturated rings. The Morgan fingerprint density at radius 2 is 1.88 bits per heavy atom. The van der Waals surface area contributed by atoms with E-state index in [1.807, 2.05) is 13.8 Å². The van der Waals surface area contributed by atoms with Gasteiger partial charge in [-0.3, -0.25) is 0 Å². The molecule has 232 valence electrons. The summed E-state index contributed by atoms with van der Waals surface area (Å²) in [5.74, 6) is 0.487. The van der Waals surface area contributed by atoms with Crippen LogP contribution in [0.2, 0.25) is 0 Å². The minimum absolute atomic E-state index is 0.298. The average molecular weight is 577 g/mol. The maximum absolute atomic E-state index is 11.5. The highest BCUT2D eigenvalue weighted by Gasteiger charge is 2.51. The summed E-state index contributed by atoms with van der Waals surface area (Å²) in [4.78, 5) is 11.5. The normalized spacial score (nSPS) is 41.0. The number of ether oxygens (including phenoxy) is 2. The topological polar surface area (TPSA) is 137 Å². The molecule has 41 heavy (non-hydrogen) atoms. The minimum atomic E-state index is -1.73. The first kappa shape index (κ1) is 32.4. The van der Waals surface area contributed by atoms with Crippen LogP contribution in [0.3, 0.4) is 0 Å². The van der Waals surface area contributed by atoms with Gasteiger partial charge in [0, 0.05) is 0 Å². The largest absolute Gasteiger partial charge is 0.479 e. The van der Waals surface area contributed by atoms with Crippen LogP contribution in [0.4, 0.5) is 0 Å². The Balaban J connectivity index is 1.41. The second-order valence-electron chi connectivity index (χ2n) is 14.1. The van der Waals surface area contributed by atoms with Crippen molar-refractivity contribution in [2.75, 3.05) is 0 Å². The molecule has 8 heteroatoms. The van der Waals surface area contributed by atoms with Gasteiger partial charge in [-0.05, 0) is 100 Å². The molecule has 3 aliphatic carbocycles. The van der Waals surface area contributed by atoms with Gasteiger partial charge in [0.2, 0.25) is 0 Å². The van der Waals surface area contributed by atoms with E-state index in [0.717, 1.165) is 36.8 Å². The molecule has 1 aliphatic heterocycles. The standard InChI is InChI=1S/C33H52O8/c1-19-10-13-23(40-31-28(36)26(34)27(35)29(41-31)30(37)38)18-22(19)12-11-21-9-7-17-33(5)24(14-15-25(21)33)20(2)8-6-16-32(3,4)39/h11-12,20,23-29,31,34-36,39H,1,6-10,13-18H2,2-5H3,(H,37,38)/b21-11+,22-12-/t20-,23+,24-,25+,26+,27+,28-,29+,31-,33-/m1/s1. The predicted octanol–water partition coefficient (Wildman–Crippen LogP) is 4.65. The Morgan fingerprint density at radius 1 is 1.15 bits per heavy atom. The van der Waals surface area contributed by atoms with E-state index in [1.54, 1.807) is 0 Å². The molecule has 4 rings (SSSR count). The highest BCUT2D eigenvalue weighted by atomic mass is 16.7. The van der Waals surface area contributed by atoms with Gasteiger partial charge < -0.3 is 35.0 Å². The number of hydrogen-bond acceptors (Lipinski definition) is 7. The second-order valence-corrected chi connectivity index (χ2v) is 14.1. The lowest BCUT2D eigenvalue weighted by atomic mass is 9.60. The van der Waals surface area contributed by atoms with Crippen LogP contribution >= 0.6 is 0 Å². The van der Waals surface area contributed by atoms with Crippen molar-refractivity contribution < 1.29 is 39.8 Å². The third-order valence-electron chi connectivity index (χ3n) is 10.5. The Kier molecular flexibility index (Phi) is 10.2. The van der Waals surface area contributed by atoms with Gasteiger partial charge in [0.25, 0.3) is 0 Å². The van der Waals surface area contributed by atoms with Crippen LogP contribution in [0.1, 0.15) is 98.3 Å². The SMILES string of the molecule is C=C1CC[C@H](O[C@@H]2O[C@H](C(=O)O)[C@@H](O)[C@H](O)[C@H]2O)C/C1=C/C=C1\CCC[C@]2(C)[C@@H]([C@H](C)CCCC(C)(C)O)CC[C@@H]12. The number of hydrogen-bond donors (Lipinski definition) is 5. The zero-order valence-electron chi connectivity index (χ0n) is 25.3. The molecule has 0 aromatic rings. The van der Waals surface area contributed by atoms with Crippen molar-refractivity contribution in [2.24, 2.45) is 23.2 Å². The Labute approximate surface area is 245 Å². The summed E-state index contributed by atoms with van der Waals surface area (Å²) in [7, 11) is 0. The fraction of sp³-hybridized carbons (Fsp3) is 0.788. The number of aliphatic hydroxyl groups excluding tert-OH is 3. The van der Waals surface area contributed by atoms with Crippen LogP contribution in [0, 0.1) is 23.2 Å². The van der Waals surface area contributed by atoms with E-state index in [0.29, 0.717) is 42.4 Å². The lowest BCUT2D eigenvalue weighted by Gasteiger charge is -2.44. The molecular weight excluding hydrogens is 524 g/mol. The molecule has 1 heterocycles. The molecule has 0 amide bonds. The number of aliphatic hydroxyl groups is 4. The van der Waals surface area contributed by atoms with Crippen LogP contribution in [0.5, 0.6) is 0 Å². The fourth-order valence-electron chi connectivity index (χ4n) is 8.12. The molecule has 3 saturated carbocycles. The first-order valence-corrected chi connectivity index (χ1v) is 15.6.